The van der Waals surface area contributed by atoms with Gasteiger partial charge in [-0.2, -0.15) is 10.4 Å². The number of aromatic nitrogens is 3. The highest BCUT2D eigenvalue weighted by Gasteiger charge is 2.20. The molecule has 3 aromatic heterocycles. The maximum Gasteiger partial charge on any atom is 0.136 e. The molecular formula is C32H22N4O. The van der Waals surface area contributed by atoms with Crippen molar-refractivity contribution in [2.75, 3.05) is 0 Å². The van der Waals surface area contributed by atoms with Crippen LogP contribution in [0.25, 0.3) is 66.1 Å². The van der Waals surface area contributed by atoms with Crippen LogP contribution in [0.4, 0.5) is 0 Å². The van der Waals surface area contributed by atoms with E-state index in [1.807, 2.05) is 62.5 Å². The number of nitrogens with zero attached hydrogens (tertiary/aromatic N) is 3. The van der Waals surface area contributed by atoms with E-state index in [9.17, 15) is 5.26 Å². The number of hydrogen-bond acceptors (Lipinski definition) is 4. The predicted octanol–water partition coefficient (Wildman–Crippen LogP) is 8.15. The SMILES string of the molecule is CC(C)(C#N)c1ccc(-c2n[nH]c3cnc4ccc(-c5ccc6c(c5)oc5ccccc56)cc4c23)cc1. The van der Waals surface area contributed by atoms with E-state index in [-0.39, 0.29) is 0 Å². The van der Waals surface area contributed by atoms with Crippen LogP contribution < -0.4 is 0 Å². The summed E-state index contributed by atoms with van der Waals surface area (Å²) in [4.78, 5) is 4.66. The van der Waals surface area contributed by atoms with E-state index in [4.69, 9.17) is 4.42 Å². The molecular weight excluding hydrogens is 456 g/mol. The first-order chi connectivity index (χ1) is 18.0. The summed E-state index contributed by atoms with van der Waals surface area (Å²) in [6, 6.07) is 31.3. The van der Waals surface area contributed by atoms with E-state index in [2.05, 4.69) is 63.7 Å². The molecule has 0 saturated carbocycles. The highest BCUT2D eigenvalue weighted by atomic mass is 16.3. The normalized spacial score (nSPS) is 12.0. The van der Waals surface area contributed by atoms with E-state index in [1.54, 1.807) is 0 Å². The number of benzene rings is 4. The minimum atomic E-state index is -0.543. The fourth-order valence-corrected chi connectivity index (χ4v) is 5.11. The number of nitriles is 1. The van der Waals surface area contributed by atoms with Gasteiger partial charge in [0.25, 0.3) is 0 Å². The summed E-state index contributed by atoms with van der Waals surface area (Å²) < 4.78 is 6.13. The van der Waals surface area contributed by atoms with Crippen molar-refractivity contribution in [3.63, 3.8) is 0 Å². The molecule has 176 valence electrons. The van der Waals surface area contributed by atoms with Gasteiger partial charge >= 0.3 is 0 Å². The Kier molecular flexibility index (Phi) is 4.49. The minimum absolute atomic E-state index is 0.543. The van der Waals surface area contributed by atoms with Crippen LogP contribution in [0, 0.1) is 11.3 Å². The van der Waals surface area contributed by atoms with Crippen LogP contribution >= 0.6 is 0 Å². The molecule has 0 atom stereocenters. The van der Waals surface area contributed by atoms with Gasteiger partial charge in [0.05, 0.1) is 28.7 Å². The first-order valence-corrected chi connectivity index (χ1v) is 12.2. The van der Waals surface area contributed by atoms with Gasteiger partial charge in [0.2, 0.25) is 0 Å². The first kappa shape index (κ1) is 21.3. The summed E-state index contributed by atoms with van der Waals surface area (Å²) in [6.45, 7) is 3.85. The van der Waals surface area contributed by atoms with E-state index < -0.39 is 5.41 Å². The molecule has 1 N–H and O–H groups in total. The molecule has 0 unspecified atom stereocenters. The zero-order valence-electron chi connectivity index (χ0n) is 20.4. The third-order valence-corrected chi connectivity index (χ3v) is 7.26. The Morgan fingerprint density at radius 3 is 2.35 bits per heavy atom. The van der Waals surface area contributed by atoms with Crippen LogP contribution in [-0.2, 0) is 5.41 Å². The average Bonchev–Trinajstić information content (AvgIpc) is 3.54. The molecule has 0 radical (unpaired) electrons. The zero-order valence-corrected chi connectivity index (χ0v) is 20.4. The highest BCUT2D eigenvalue weighted by molar-refractivity contribution is 6.12. The Hall–Kier alpha value is -4.95. The lowest BCUT2D eigenvalue weighted by Crippen LogP contribution is -2.13. The molecule has 0 aliphatic carbocycles. The summed E-state index contributed by atoms with van der Waals surface area (Å²) in [7, 11) is 0. The second kappa shape index (κ2) is 7.78. The fourth-order valence-electron chi connectivity index (χ4n) is 5.11. The topological polar surface area (TPSA) is 78.5 Å². The molecule has 5 nitrogen and oxygen atoms in total. The molecule has 0 saturated heterocycles. The third-order valence-electron chi connectivity index (χ3n) is 7.26. The molecule has 0 aliphatic rings. The second-order valence-corrected chi connectivity index (χ2v) is 9.97. The summed E-state index contributed by atoms with van der Waals surface area (Å²) in [5.74, 6) is 0. The number of para-hydroxylation sites is 1. The van der Waals surface area contributed by atoms with Gasteiger partial charge in [-0.25, -0.2) is 0 Å². The Bertz CT molecular complexity index is 2020. The summed E-state index contributed by atoms with van der Waals surface area (Å²) >= 11 is 0. The van der Waals surface area contributed by atoms with Crippen molar-refractivity contribution in [3.8, 4) is 28.5 Å². The monoisotopic (exact) mass is 478 g/mol. The molecule has 0 spiro atoms. The van der Waals surface area contributed by atoms with Crippen LogP contribution in [0.5, 0.6) is 0 Å². The van der Waals surface area contributed by atoms with E-state index in [1.165, 1.54) is 0 Å². The number of nitrogens with one attached hydrogen (secondary N) is 1. The van der Waals surface area contributed by atoms with Crippen molar-refractivity contribution >= 4 is 43.7 Å². The average molecular weight is 479 g/mol. The number of fused-ring (bicyclic) bond motifs is 6. The number of hydrogen-bond donors (Lipinski definition) is 1. The van der Waals surface area contributed by atoms with Crippen LogP contribution in [0.2, 0.25) is 0 Å². The lowest BCUT2D eigenvalue weighted by atomic mass is 9.86. The number of pyridine rings is 1. The van der Waals surface area contributed by atoms with E-state index in [0.717, 1.165) is 71.7 Å². The van der Waals surface area contributed by atoms with Crippen molar-refractivity contribution in [1.29, 1.82) is 5.26 Å². The van der Waals surface area contributed by atoms with Crippen LogP contribution in [0.1, 0.15) is 19.4 Å². The van der Waals surface area contributed by atoms with Gasteiger partial charge in [0.15, 0.2) is 0 Å². The molecule has 7 aromatic rings. The van der Waals surface area contributed by atoms with E-state index in [0.29, 0.717) is 0 Å². The van der Waals surface area contributed by atoms with Gasteiger partial charge < -0.3 is 4.42 Å². The lowest BCUT2D eigenvalue weighted by molar-refractivity contribution is 0.669. The highest BCUT2D eigenvalue weighted by Crippen LogP contribution is 2.36. The summed E-state index contributed by atoms with van der Waals surface area (Å²) in [6.07, 6.45) is 1.83. The second-order valence-electron chi connectivity index (χ2n) is 9.97. The molecule has 37 heavy (non-hydrogen) atoms. The largest absolute Gasteiger partial charge is 0.456 e. The van der Waals surface area contributed by atoms with Gasteiger partial charge in [-0.15, -0.1) is 0 Å². The quantitative estimate of drug-likeness (QED) is 0.278. The molecule has 0 aliphatic heterocycles. The minimum Gasteiger partial charge on any atom is -0.456 e. The number of rotatable bonds is 3. The molecule has 7 rings (SSSR count). The lowest BCUT2D eigenvalue weighted by Gasteiger charge is -2.15. The number of H-pyrrole nitrogens is 1. The third kappa shape index (κ3) is 3.30. The Balaban J connectivity index is 1.38. The van der Waals surface area contributed by atoms with Gasteiger partial charge in [-0.05, 0) is 60.9 Å². The fraction of sp³-hybridized carbons (Fsp3) is 0.0938. The standard InChI is InChI=1S/C32H22N4O/c1-32(2,18-33)22-11-7-19(8-12-22)31-30-25-15-20(10-14-26(25)34-17-27(30)35-36-31)21-9-13-24-23-5-3-4-6-28(23)37-29(24)16-21/h3-17H,1-2H3,(H,35,36). The molecule has 0 bridgehead atoms. The summed E-state index contributed by atoms with van der Waals surface area (Å²) in [5, 5.41) is 21.6. The van der Waals surface area contributed by atoms with Crippen molar-refractivity contribution in [2.24, 2.45) is 0 Å². The zero-order chi connectivity index (χ0) is 25.1. The van der Waals surface area contributed by atoms with Crippen LogP contribution in [0.3, 0.4) is 0 Å². The van der Waals surface area contributed by atoms with Crippen molar-refractivity contribution in [1.82, 2.24) is 15.2 Å². The Labute approximate surface area is 213 Å². The Morgan fingerprint density at radius 2 is 1.51 bits per heavy atom. The Morgan fingerprint density at radius 1 is 0.784 bits per heavy atom. The molecule has 3 heterocycles. The molecule has 0 fully saturated rings. The maximum atomic E-state index is 9.50. The predicted molar refractivity (Wildman–Crippen MR) is 148 cm³/mol. The maximum absolute atomic E-state index is 9.50. The van der Waals surface area contributed by atoms with Gasteiger partial charge in [-0.3, -0.25) is 10.1 Å². The van der Waals surface area contributed by atoms with Crippen molar-refractivity contribution in [3.05, 3.63) is 96.7 Å². The smallest absolute Gasteiger partial charge is 0.136 e. The van der Waals surface area contributed by atoms with Gasteiger partial charge in [0.1, 0.15) is 16.9 Å². The van der Waals surface area contributed by atoms with E-state index >= 15 is 0 Å². The molecule has 4 aromatic carbocycles. The number of furan rings is 1. The summed E-state index contributed by atoms with van der Waals surface area (Å²) in [5.41, 5.74) is 8.03. The van der Waals surface area contributed by atoms with Crippen molar-refractivity contribution < 1.29 is 4.42 Å². The molecule has 0 amide bonds. The van der Waals surface area contributed by atoms with Crippen LogP contribution in [-0.4, -0.2) is 15.2 Å². The van der Waals surface area contributed by atoms with Crippen LogP contribution in [0.15, 0.2) is 95.5 Å². The van der Waals surface area contributed by atoms with Crippen molar-refractivity contribution in [2.45, 2.75) is 19.3 Å². The number of aromatic amines is 1. The molecule has 5 heteroatoms. The van der Waals surface area contributed by atoms with Gasteiger partial charge in [-0.1, -0.05) is 54.6 Å². The first-order valence-electron chi connectivity index (χ1n) is 12.2. The van der Waals surface area contributed by atoms with Gasteiger partial charge in [0, 0.05) is 27.1 Å².